The first kappa shape index (κ1) is 22.2. The Morgan fingerprint density at radius 1 is 1.03 bits per heavy atom. The predicted molar refractivity (Wildman–Crippen MR) is 122 cm³/mol. The number of halogens is 1. The third kappa shape index (κ3) is 5.79. The van der Waals surface area contributed by atoms with Crippen LogP contribution >= 0.6 is 11.6 Å². The summed E-state index contributed by atoms with van der Waals surface area (Å²) in [5.41, 5.74) is 2.37. The van der Waals surface area contributed by atoms with E-state index >= 15 is 0 Å². The van der Waals surface area contributed by atoms with Gasteiger partial charge >= 0.3 is 0 Å². The molecule has 0 unspecified atom stereocenters. The highest BCUT2D eigenvalue weighted by Gasteiger charge is 2.16. The number of aromatic nitrogens is 2. The van der Waals surface area contributed by atoms with Crippen LogP contribution in [0, 0.1) is 12.8 Å². The summed E-state index contributed by atoms with van der Waals surface area (Å²) in [4.78, 5) is 37.6. The van der Waals surface area contributed by atoms with Crippen LogP contribution in [0.1, 0.15) is 19.4 Å². The SMILES string of the molecule is Cc1ccc(-c2cc(NC(=O)C(C)C)c(=O)n(CC(=O)Nc3ccc(Cl)cc3)n2)cc1. The van der Waals surface area contributed by atoms with E-state index in [-0.39, 0.29) is 24.1 Å². The molecule has 0 saturated carbocycles. The van der Waals surface area contributed by atoms with Crippen LogP contribution in [0.4, 0.5) is 11.4 Å². The third-order valence-corrected chi connectivity index (χ3v) is 4.78. The Labute approximate surface area is 185 Å². The van der Waals surface area contributed by atoms with Crippen molar-refractivity contribution in [1.82, 2.24) is 9.78 Å². The van der Waals surface area contributed by atoms with Gasteiger partial charge in [0.25, 0.3) is 5.56 Å². The highest BCUT2D eigenvalue weighted by atomic mass is 35.5. The second kappa shape index (κ2) is 9.57. The molecule has 0 saturated heterocycles. The fraction of sp³-hybridized carbons (Fsp3) is 0.217. The zero-order chi connectivity index (χ0) is 22.5. The Hall–Kier alpha value is -3.45. The number of nitrogens with zero attached hydrogens (tertiary/aromatic N) is 2. The average Bonchev–Trinajstić information content (AvgIpc) is 2.73. The van der Waals surface area contributed by atoms with Gasteiger partial charge in [-0.3, -0.25) is 14.4 Å². The van der Waals surface area contributed by atoms with Gasteiger partial charge in [-0.25, -0.2) is 4.68 Å². The lowest BCUT2D eigenvalue weighted by molar-refractivity contribution is -0.119. The number of nitrogens with one attached hydrogen (secondary N) is 2. The number of rotatable bonds is 6. The molecule has 0 radical (unpaired) electrons. The standard InChI is InChI=1S/C23H23ClN4O3/c1-14(2)22(30)26-20-12-19(16-6-4-15(3)5-7-16)27-28(23(20)31)13-21(29)25-18-10-8-17(24)9-11-18/h4-12,14H,13H2,1-3H3,(H,25,29)(H,26,30). The summed E-state index contributed by atoms with van der Waals surface area (Å²) in [5.74, 6) is -1.04. The lowest BCUT2D eigenvalue weighted by Crippen LogP contribution is -2.33. The Balaban J connectivity index is 1.94. The van der Waals surface area contributed by atoms with Crippen molar-refractivity contribution in [3.05, 3.63) is 75.5 Å². The van der Waals surface area contributed by atoms with E-state index in [1.165, 1.54) is 6.07 Å². The monoisotopic (exact) mass is 438 g/mol. The van der Waals surface area contributed by atoms with Gasteiger partial charge in [0.15, 0.2) is 0 Å². The topological polar surface area (TPSA) is 93.1 Å². The van der Waals surface area contributed by atoms with E-state index in [1.807, 2.05) is 31.2 Å². The van der Waals surface area contributed by atoms with Crippen molar-refractivity contribution in [3.63, 3.8) is 0 Å². The van der Waals surface area contributed by atoms with E-state index in [2.05, 4.69) is 15.7 Å². The van der Waals surface area contributed by atoms with Crippen molar-refractivity contribution in [2.75, 3.05) is 10.6 Å². The summed E-state index contributed by atoms with van der Waals surface area (Å²) >= 11 is 5.86. The third-order valence-electron chi connectivity index (χ3n) is 4.53. The van der Waals surface area contributed by atoms with Crippen molar-refractivity contribution in [3.8, 4) is 11.3 Å². The van der Waals surface area contributed by atoms with E-state index in [1.54, 1.807) is 38.1 Å². The largest absolute Gasteiger partial charge is 0.324 e. The Bertz CT molecular complexity index is 1150. The van der Waals surface area contributed by atoms with Gasteiger partial charge in [-0.1, -0.05) is 55.3 Å². The molecule has 2 amide bonds. The molecular formula is C23H23ClN4O3. The predicted octanol–water partition coefficient (Wildman–Crippen LogP) is 4.11. The van der Waals surface area contributed by atoms with Crippen LogP contribution in [-0.2, 0) is 16.1 Å². The number of benzene rings is 2. The lowest BCUT2D eigenvalue weighted by atomic mass is 10.1. The van der Waals surface area contributed by atoms with Crippen molar-refractivity contribution >= 4 is 34.8 Å². The smallest absolute Gasteiger partial charge is 0.291 e. The van der Waals surface area contributed by atoms with Gasteiger partial charge in [-0.2, -0.15) is 5.10 Å². The van der Waals surface area contributed by atoms with Crippen molar-refractivity contribution in [1.29, 1.82) is 0 Å². The molecule has 31 heavy (non-hydrogen) atoms. The highest BCUT2D eigenvalue weighted by molar-refractivity contribution is 6.30. The fourth-order valence-corrected chi connectivity index (χ4v) is 2.88. The molecule has 3 aromatic rings. The van der Waals surface area contributed by atoms with Crippen LogP contribution in [-0.4, -0.2) is 21.6 Å². The minimum atomic E-state index is -0.559. The summed E-state index contributed by atoms with van der Waals surface area (Å²) in [6.45, 7) is 5.12. The number of amides is 2. The Morgan fingerprint density at radius 2 is 1.68 bits per heavy atom. The van der Waals surface area contributed by atoms with Crippen molar-refractivity contribution < 1.29 is 9.59 Å². The van der Waals surface area contributed by atoms with E-state index in [0.717, 1.165) is 15.8 Å². The van der Waals surface area contributed by atoms with Gasteiger partial charge in [0.05, 0.1) is 5.69 Å². The number of hydrogen-bond acceptors (Lipinski definition) is 4. The van der Waals surface area contributed by atoms with Crippen LogP contribution in [0.25, 0.3) is 11.3 Å². The Morgan fingerprint density at radius 3 is 2.29 bits per heavy atom. The number of anilines is 2. The van der Waals surface area contributed by atoms with E-state index in [0.29, 0.717) is 16.4 Å². The minimum Gasteiger partial charge on any atom is -0.324 e. The normalized spacial score (nSPS) is 10.7. The average molecular weight is 439 g/mol. The molecule has 3 rings (SSSR count). The molecule has 1 heterocycles. The molecular weight excluding hydrogens is 416 g/mol. The van der Waals surface area contributed by atoms with E-state index in [4.69, 9.17) is 11.6 Å². The second-order valence-electron chi connectivity index (χ2n) is 7.47. The van der Waals surface area contributed by atoms with Crippen LogP contribution < -0.4 is 16.2 Å². The lowest BCUT2D eigenvalue weighted by Gasteiger charge is -2.13. The van der Waals surface area contributed by atoms with Gasteiger partial charge in [0.1, 0.15) is 12.2 Å². The molecule has 160 valence electrons. The van der Waals surface area contributed by atoms with Crippen molar-refractivity contribution in [2.24, 2.45) is 5.92 Å². The van der Waals surface area contributed by atoms with Gasteiger partial charge in [-0.05, 0) is 37.3 Å². The summed E-state index contributed by atoms with van der Waals surface area (Å²) in [5, 5.41) is 10.2. The van der Waals surface area contributed by atoms with Crippen LogP contribution in [0.5, 0.6) is 0 Å². The molecule has 7 nitrogen and oxygen atoms in total. The van der Waals surface area contributed by atoms with Crippen LogP contribution in [0.3, 0.4) is 0 Å². The number of aryl methyl sites for hydroxylation is 1. The number of hydrogen-bond donors (Lipinski definition) is 2. The second-order valence-corrected chi connectivity index (χ2v) is 7.91. The molecule has 2 N–H and O–H groups in total. The zero-order valence-electron chi connectivity index (χ0n) is 17.5. The molecule has 2 aromatic carbocycles. The first-order valence-electron chi connectivity index (χ1n) is 9.78. The molecule has 0 atom stereocenters. The van der Waals surface area contributed by atoms with Gasteiger partial charge < -0.3 is 10.6 Å². The molecule has 0 bridgehead atoms. The van der Waals surface area contributed by atoms with Crippen LogP contribution in [0.2, 0.25) is 5.02 Å². The van der Waals surface area contributed by atoms with Gasteiger partial charge in [0, 0.05) is 22.2 Å². The molecule has 0 aliphatic carbocycles. The highest BCUT2D eigenvalue weighted by Crippen LogP contribution is 2.19. The molecule has 1 aromatic heterocycles. The van der Waals surface area contributed by atoms with Gasteiger partial charge in [-0.15, -0.1) is 0 Å². The molecule has 0 spiro atoms. The maximum Gasteiger partial charge on any atom is 0.291 e. The maximum atomic E-state index is 12.9. The van der Waals surface area contributed by atoms with E-state index < -0.39 is 11.5 Å². The van der Waals surface area contributed by atoms with Crippen molar-refractivity contribution in [2.45, 2.75) is 27.3 Å². The van der Waals surface area contributed by atoms with E-state index in [9.17, 15) is 14.4 Å². The fourth-order valence-electron chi connectivity index (χ4n) is 2.75. The first-order chi connectivity index (χ1) is 14.7. The van der Waals surface area contributed by atoms with Gasteiger partial charge in [0.2, 0.25) is 11.8 Å². The summed E-state index contributed by atoms with van der Waals surface area (Å²) in [6, 6.07) is 15.7. The molecule has 0 aliphatic heterocycles. The minimum absolute atomic E-state index is 0.0727. The van der Waals surface area contributed by atoms with Crippen LogP contribution in [0.15, 0.2) is 59.4 Å². The maximum absolute atomic E-state index is 12.9. The molecule has 8 heteroatoms. The molecule has 0 aliphatic rings. The number of carbonyl (C=O) groups excluding carboxylic acids is 2. The first-order valence-corrected chi connectivity index (χ1v) is 10.2. The molecule has 0 fully saturated rings. The number of carbonyl (C=O) groups is 2. The summed E-state index contributed by atoms with van der Waals surface area (Å²) < 4.78 is 1.05. The summed E-state index contributed by atoms with van der Waals surface area (Å²) in [6.07, 6.45) is 0. The Kier molecular flexibility index (Phi) is 6.87. The quantitative estimate of drug-likeness (QED) is 0.605. The zero-order valence-corrected chi connectivity index (χ0v) is 18.2. The summed E-state index contributed by atoms with van der Waals surface area (Å²) in [7, 11) is 0.